The number of hydrogen-bond acceptors (Lipinski definition) is 6. The Kier molecular flexibility index (Phi) is 10.00. The SMILES string of the molecule is NC(CO)C(=O)NC(Cc1ccccc1)C(=O)NCC(=O)NC(Cc1ccccc1)C(=O)O. The van der Waals surface area contributed by atoms with E-state index in [2.05, 4.69) is 16.0 Å². The number of carbonyl (C=O) groups is 4. The minimum Gasteiger partial charge on any atom is -0.480 e. The van der Waals surface area contributed by atoms with E-state index in [4.69, 9.17) is 10.8 Å². The van der Waals surface area contributed by atoms with Gasteiger partial charge in [-0.05, 0) is 11.1 Å². The number of carboxylic acids is 1. The molecule has 3 amide bonds. The van der Waals surface area contributed by atoms with E-state index in [9.17, 15) is 24.3 Å². The van der Waals surface area contributed by atoms with Crippen LogP contribution in [0.25, 0.3) is 0 Å². The number of amides is 3. The molecule has 0 saturated heterocycles. The molecule has 0 radical (unpaired) electrons. The quantitative estimate of drug-likeness (QED) is 0.237. The van der Waals surface area contributed by atoms with Gasteiger partial charge in [0.1, 0.15) is 18.1 Å². The van der Waals surface area contributed by atoms with Gasteiger partial charge in [-0.15, -0.1) is 0 Å². The summed E-state index contributed by atoms with van der Waals surface area (Å²) in [7, 11) is 0. The normalized spacial score (nSPS) is 13.3. The van der Waals surface area contributed by atoms with Gasteiger partial charge in [-0.1, -0.05) is 60.7 Å². The van der Waals surface area contributed by atoms with Crippen molar-refractivity contribution in [1.82, 2.24) is 16.0 Å². The van der Waals surface area contributed by atoms with Crippen molar-refractivity contribution in [3.05, 3.63) is 71.8 Å². The Labute approximate surface area is 191 Å². The smallest absolute Gasteiger partial charge is 0.326 e. The Bertz CT molecular complexity index is 938. The highest BCUT2D eigenvalue weighted by Gasteiger charge is 2.25. The molecule has 2 aromatic carbocycles. The summed E-state index contributed by atoms with van der Waals surface area (Å²) in [6.45, 7) is -1.07. The summed E-state index contributed by atoms with van der Waals surface area (Å²) in [5, 5.41) is 25.7. The van der Waals surface area contributed by atoms with Crippen LogP contribution in [-0.2, 0) is 32.0 Å². The first kappa shape index (κ1) is 25.5. The van der Waals surface area contributed by atoms with E-state index >= 15 is 0 Å². The molecule has 10 nitrogen and oxygen atoms in total. The highest BCUT2D eigenvalue weighted by atomic mass is 16.4. The largest absolute Gasteiger partial charge is 0.480 e. The maximum atomic E-state index is 12.7. The number of hydrogen-bond donors (Lipinski definition) is 6. The van der Waals surface area contributed by atoms with Crippen LogP contribution in [0.5, 0.6) is 0 Å². The molecule has 0 bridgehead atoms. The second kappa shape index (κ2) is 12.9. The number of carboxylic acid groups (broad SMARTS) is 1. The molecule has 0 heterocycles. The van der Waals surface area contributed by atoms with Crippen molar-refractivity contribution in [3.8, 4) is 0 Å². The van der Waals surface area contributed by atoms with E-state index in [1.165, 1.54) is 0 Å². The third-order valence-corrected chi connectivity index (χ3v) is 4.79. The zero-order valence-electron chi connectivity index (χ0n) is 17.9. The van der Waals surface area contributed by atoms with Crippen LogP contribution in [0.1, 0.15) is 11.1 Å². The van der Waals surface area contributed by atoms with E-state index in [0.717, 1.165) is 11.1 Å². The van der Waals surface area contributed by atoms with E-state index < -0.39 is 55.0 Å². The summed E-state index contributed by atoms with van der Waals surface area (Å²) in [6, 6.07) is 14.3. The van der Waals surface area contributed by atoms with Crippen molar-refractivity contribution in [2.24, 2.45) is 5.73 Å². The van der Waals surface area contributed by atoms with Crippen molar-refractivity contribution < 1.29 is 29.4 Å². The van der Waals surface area contributed by atoms with Crippen LogP contribution in [0.3, 0.4) is 0 Å². The molecule has 0 aliphatic rings. The van der Waals surface area contributed by atoms with Crippen molar-refractivity contribution in [3.63, 3.8) is 0 Å². The third-order valence-electron chi connectivity index (χ3n) is 4.79. The molecule has 2 aromatic rings. The Morgan fingerprint density at radius 3 is 1.79 bits per heavy atom. The highest BCUT2D eigenvalue weighted by molar-refractivity contribution is 5.92. The number of aliphatic hydroxyl groups is 1. The first-order valence-electron chi connectivity index (χ1n) is 10.3. The topological polar surface area (TPSA) is 171 Å². The lowest BCUT2D eigenvalue weighted by Gasteiger charge is -2.21. The van der Waals surface area contributed by atoms with Gasteiger partial charge in [0.15, 0.2) is 0 Å². The van der Waals surface area contributed by atoms with E-state index in [-0.39, 0.29) is 12.8 Å². The molecule has 2 rings (SSSR count). The number of aliphatic hydroxyl groups excluding tert-OH is 1. The minimum atomic E-state index is -1.20. The summed E-state index contributed by atoms with van der Waals surface area (Å²) in [4.78, 5) is 48.6. The average molecular weight is 456 g/mol. The van der Waals surface area contributed by atoms with Gasteiger partial charge in [0, 0.05) is 12.8 Å². The van der Waals surface area contributed by atoms with E-state index in [1.54, 1.807) is 60.7 Å². The Balaban J connectivity index is 1.98. The van der Waals surface area contributed by atoms with Crippen LogP contribution in [0, 0.1) is 0 Å². The Morgan fingerprint density at radius 2 is 1.30 bits per heavy atom. The molecular weight excluding hydrogens is 428 g/mol. The lowest BCUT2D eigenvalue weighted by atomic mass is 10.0. The van der Waals surface area contributed by atoms with Crippen LogP contribution in [0.15, 0.2) is 60.7 Å². The van der Waals surface area contributed by atoms with Crippen molar-refractivity contribution >= 4 is 23.7 Å². The lowest BCUT2D eigenvalue weighted by Crippen LogP contribution is -2.55. The summed E-state index contributed by atoms with van der Waals surface area (Å²) in [5.41, 5.74) is 7.01. The van der Waals surface area contributed by atoms with Gasteiger partial charge in [-0.25, -0.2) is 4.79 Å². The maximum absolute atomic E-state index is 12.7. The highest BCUT2D eigenvalue weighted by Crippen LogP contribution is 2.05. The number of aliphatic carboxylic acids is 1. The maximum Gasteiger partial charge on any atom is 0.326 e. The molecule has 0 fully saturated rings. The molecule has 33 heavy (non-hydrogen) atoms. The van der Waals surface area contributed by atoms with E-state index in [0.29, 0.717) is 0 Å². The van der Waals surface area contributed by atoms with Crippen LogP contribution in [-0.4, -0.2) is 65.2 Å². The van der Waals surface area contributed by atoms with Crippen LogP contribution >= 0.6 is 0 Å². The van der Waals surface area contributed by atoms with Gasteiger partial charge < -0.3 is 31.9 Å². The molecule has 0 aliphatic carbocycles. The van der Waals surface area contributed by atoms with Crippen LogP contribution in [0.2, 0.25) is 0 Å². The predicted molar refractivity (Wildman–Crippen MR) is 120 cm³/mol. The van der Waals surface area contributed by atoms with Gasteiger partial charge in [-0.2, -0.15) is 0 Å². The molecule has 0 aliphatic heterocycles. The second-order valence-corrected chi connectivity index (χ2v) is 7.41. The summed E-state index contributed by atoms with van der Waals surface area (Å²) < 4.78 is 0. The Hall–Kier alpha value is -3.76. The van der Waals surface area contributed by atoms with Gasteiger partial charge in [0.25, 0.3) is 0 Å². The van der Waals surface area contributed by atoms with Gasteiger partial charge >= 0.3 is 5.97 Å². The number of nitrogens with two attached hydrogens (primary N) is 1. The first-order valence-corrected chi connectivity index (χ1v) is 10.3. The van der Waals surface area contributed by atoms with Crippen molar-refractivity contribution in [1.29, 1.82) is 0 Å². The standard InChI is InChI=1S/C23H28N4O6/c24-17(14-28)21(30)27-18(11-15-7-3-1-4-8-15)22(31)25-13-20(29)26-19(23(32)33)12-16-9-5-2-6-10-16/h1-10,17-19,28H,11-14,24H2,(H,25,31)(H,26,29)(H,27,30)(H,32,33). The molecule has 10 heteroatoms. The molecule has 0 saturated carbocycles. The lowest BCUT2D eigenvalue weighted by molar-refractivity contribution is -0.141. The first-order chi connectivity index (χ1) is 15.8. The predicted octanol–water partition coefficient (Wildman–Crippen LogP) is -1.04. The number of benzene rings is 2. The molecule has 0 aromatic heterocycles. The fraction of sp³-hybridized carbons (Fsp3) is 0.304. The average Bonchev–Trinajstić information content (AvgIpc) is 2.82. The minimum absolute atomic E-state index is 0.0849. The molecule has 176 valence electrons. The van der Waals surface area contributed by atoms with Crippen molar-refractivity contribution in [2.45, 2.75) is 31.0 Å². The van der Waals surface area contributed by atoms with E-state index in [1.807, 2.05) is 0 Å². The van der Waals surface area contributed by atoms with Gasteiger partial charge in [0.05, 0.1) is 13.2 Å². The van der Waals surface area contributed by atoms with Gasteiger partial charge in [0.2, 0.25) is 17.7 Å². The number of carbonyl (C=O) groups excluding carboxylic acids is 3. The summed E-state index contributed by atoms with van der Waals surface area (Å²) in [5.74, 6) is -3.26. The fourth-order valence-electron chi connectivity index (χ4n) is 3.01. The van der Waals surface area contributed by atoms with Crippen LogP contribution < -0.4 is 21.7 Å². The molecule has 3 atom stereocenters. The third kappa shape index (κ3) is 8.71. The van der Waals surface area contributed by atoms with Gasteiger partial charge in [-0.3, -0.25) is 14.4 Å². The molecule has 3 unspecified atom stereocenters. The summed E-state index contributed by atoms with van der Waals surface area (Å²) >= 11 is 0. The Morgan fingerprint density at radius 1 is 0.788 bits per heavy atom. The number of nitrogens with one attached hydrogen (secondary N) is 3. The molecular formula is C23H28N4O6. The number of rotatable bonds is 12. The zero-order valence-corrected chi connectivity index (χ0v) is 17.9. The monoisotopic (exact) mass is 456 g/mol. The second-order valence-electron chi connectivity index (χ2n) is 7.41. The fourth-order valence-corrected chi connectivity index (χ4v) is 3.01. The molecule has 7 N–H and O–H groups in total. The van der Waals surface area contributed by atoms with Crippen LogP contribution in [0.4, 0.5) is 0 Å². The van der Waals surface area contributed by atoms with Crippen molar-refractivity contribution in [2.75, 3.05) is 13.2 Å². The summed E-state index contributed by atoms with van der Waals surface area (Å²) in [6.07, 6.45) is 0.214. The molecule has 0 spiro atoms. The zero-order chi connectivity index (χ0) is 24.2.